The summed E-state index contributed by atoms with van der Waals surface area (Å²) in [5, 5.41) is 7.96. The van der Waals surface area contributed by atoms with Gasteiger partial charge in [0.1, 0.15) is 35.4 Å². The van der Waals surface area contributed by atoms with Crippen molar-refractivity contribution in [1.29, 1.82) is 0 Å². The van der Waals surface area contributed by atoms with E-state index in [2.05, 4.69) is 25.1 Å². The van der Waals surface area contributed by atoms with Crippen LogP contribution in [-0.4, -0.2) is 116 Å². The molecular formula is C43H44N10O6. The number of nitrogen functional groups attached to an aromatic ring is 1. The second kappa shape index (κ2) is 15.9. The Kier molecular flexibility index (Phi) is 10.2. The van der Waals surface area contributed by atoms with Gasteiger partial charge in [-0.05, 0) is 86.8 Å². The third-order valence-corrected chi connectivity index (χ3v) is 11.7. The summed E-state index contributed by atoms with van der Waals surface area (Å²) >= 11 is 0. The van der Waals surface area contributed by atoms with Crippen LogP contribution < -0.4 is 20.7 Å². The molecule has 4 aliphatic rings. The zero-order valence-electron chi connectivity index (χ0n) is 32.5. The third kappa shape index (κ3) is 7.46. The molecule has 0 spiro atoms. The molecule has 5 aromatic rings. The molecule has 16 nitrogen and oxygen atoms in total. The Labute approximate surface area is 339 Å². The van der Waals surface area contributed by atoms with Crippen molar-refractivity contribution in [3.05, 3.63) is 90.3 Å². The van der Waals surface area contributed by atoms with Gasteiger partial charge in [-0.2, -0.15) is 5.10 Å². The first-order valence-corrected chi connectivity index (χ1v) is 20.1. The minimum Gasteiger partial charge on any atom is -0.457 e. The molecule has 5 amide bonds. The first-order valence-electron chi connectivity index (χ1n) is 20.1. The molecule has 0 bridgehead atoms. The smallest absolute Gasteiger partial charge is 0.262 e. The fourth-order valence-electron chi connectivity index (χ4n) is 8.64. The third-order valence-electron chi connectivity index (χ3n) is 11.7. The molecule has 9 rings (SSSR count). The van der Waals surface area contributed by atoms with Gasteiger partial charge in [-0.1, -0.05) is 18.2 Å². The topological polar surface area (TPSA) is 189 Å². The maximum Gasteiger partial charge on any atom is 0.262 e. The van der Waals surface area contributed by atoms with Crippen molar-refractivity contribution in [3.8, 4) is 22.8 Å². The molecule has 3 aromatic carbocycles. The van der Waals surface area contributed by atoms with Crippen molar-refractivity contribution >= 4 is 52.1 Å². The van der Waals surface area contributed by atoms with E-state index in [0.717, 1.165) is 73.9 Å². The molecule has 4 aliphatic heterocycles. The number of aromatic nitrogens is 4. The number of likely N-dealkylation sites (tertiary alicyclic amines) is 1. The van der Waals surface area contributed by atoms with Gasteiger partial charge in [0.2, 0.25) is 17.7 Å². The monoisotopic (exact) mass is 796 g/mol. The average Bonchev–Trinajstić information content (AvgIpc) is 3.77. The van der Waals surface area contributed by atoms with Crippen LogP contribution in [0.4, 0.5) is 11.5 Å². The van der Waals surface area contributed by atoms with Crippen LogP contribution in [-0.2, 0) is 14.4 Å². The fourth-order valence-corrected chi connectivity index (χ4v) is 8.64. The summed E-state index contributed by atoms with van der Waals surface area (Å²) in [6.45, 7) is 5.02. The number of rotatable bonds is 10. The van der Waals surface area contributed by atoms with E-state index < -0.39 is 29.7 Å². The molecule has 3 saturated heterocycles. The van der Waals surface area contributed by atoms with Gasteiger partial charge in [0, 0.05) is 63.4 Å². The summed E-state index contributed by atoms with van der Waals surface area (Å²) in [5.41, 5.74) is 9.98. The van der Waals surface area contributed by atoms with Crippen LogP contribution in [0.25, 0.3) is 22.3 Å². The molecule has 0 saturated carbocycles. The first-order chi connectivity index (χ1) is 28.7. The summed E-state index contributed by atoms with van der Waals surface area (Å²) in [6.07, 6.45) is 4.52. The minimum absolute atomic E-state index is 0.0693. The lowest BCUT2D eigenvalue weighted by atomic mass is 10.0. The van der Waals surface area contributed by atoms with E-state index in [1.807, 2.05) is 70.2 Å². The Balaban J connectivity index is 0.785. The van der Waals surface area contributed by atoms with E-state index in [9.17, 15) is 24.0 Å². The zero-order chi connectivity index (χ0) is 40.6. The number of imide groups is 2. The number of fused-ring (bicyclic) bond motifs is 2. The number of benzene rings is 3. The lowest BCUT2D eigenvalue weighted by Gasteiger charge is -2.36. The Morgan fingerprint density at radius 2 is 1.61 bits per heavy atom. The molecule has 0 aliphatic carbocycles. The number of nitrogens with zero attached hydrogens (tertiary/aromatic N) is 8. The maximum absolute atomic E-state index is 13.6. The molecule has 59 heavy (non-hydrogen) atoms. The second-order valence-corrected chi connectivity index (χ2v) is 15.4. The summed E-state index contributed by atoms with van der Waals surface area (Å²) < 4.78 is 7.90. The first kappa shape index (κ1) is 37.9. The second-order valence-electron chi connectivity index (χ2n) is 15.4. The number of carbonyl (C=O) groups is 5. The number of nitrogens with one attached hydrogen (secondary N) is 1. The molecule has 2 aromatic heterocycles. The van der Waals surface area contributed by atoms with Gasteiger partial charge in [-0.3, -0.25) is 39.1 Å². The van der Waals surface area contributed by atoms with Gasteiger partial charge >= 0.3 is 0 Å². The molecule has 0 radical (unpaired) electrons. The number of piperidine rings is 2. The molecule has 2 atom stereocenters. The lowest BCUT2D eigenvalue weighted by molar-refractivity contribution is -0.136. The summed E-state index contributed by atoms with van der Waals surface area (Å²) in [7, 11) is 0. The number of nitrogens with two attached hydrogens (primary N) is 1. The van der Waals surface area contributed by atoms with Crippen LogP contribution in [0, 0.1) is 0 Å². The van der Waals surface area contributed by atoms with E-state index in [0.29, 0.717) is 47.8 Å². The zero-order valence-corrected chi connectivity index (χ0v) is 32.5. The highest BCUT2D eigenvalue weighted by atomic mass is 16.5. The molecule has 302 valence electrons. The highest BCUT2D eigenvalue weighted by molar-refractivity contribution is 6.23. The minimum atomic E-state index is -0.994. The number of amides is 5. The van der Waals surface area contributed by atoms with Crippen LogP contribution >= 0.6 is 0 Å². The SMILES string of the molecule is Nc1ncnc2c1c(-c1ccc(Oc3ccccc3)cc1)nn2[C@@H]1CCCN(C(=O)CCCN2CCN(c3ccc4c(c3)C(=O)N(C3CCC(=O)NC3=O)C4=O)CC2)C1. The van der Waals surface area contributed by atoms with Crippen molar-refractivity contribution in [2.45, 2.75) is 50.6 Å². The van der Waals surface area contributed by atoms with E-state index in [4.69, 9.17) is 15.6 Å². The number of hydrogen-bond acceptors (Lipinski definition) is 12. The molecule has 3 fully saturated rings. The van der Waals surface area contributed by atoms with E-state index in [-0.39, 0.29) is 35.9 Å². The predicted octanol–water partition coefficient (Wildman–Crippen LogP) is 4.03. The summed E-state index contributed by atoms with van der Waals surface area (Å²) in [6, 6.07) is 21.5. The molecule has 1 unspecified atom stereocenters. The Hall–Kier alpha value is -6.68. The number of hydrogen-bond donors (Lipinski definition) is 2. The predicted molar refractivity (Wildman–Crippen MR) is 218 cm³/mol. The van der Waals surface area contributed by atoms with Gasteiger partial charge < -0.3 is 20.3 Å². The van der Waals surface area contributed by atoms with Crippen molar-refractivity contribution in [3.63, 3.8) is 0 Å². The van der Waals surface area contributed by atoms with Crippen molar-refractivity contribution in [1.82, 2.24) is 39.8 Å². The van der Waals surface area contributed by atoms with Gasteiger partial charge in [0.15, 0.2) is 5.65 Å². The van der Waals surface area contributed by atoms with Gasteiger partial charge in [0.25, 0.3) is 11.8 Å². The average molecular weight is 797 g/mol. The van der Waals surface area contributed by atoms with Crippen molar-refractivity contribution in [2.75, 3.05) is 56.4 Å². The van der Waals surface area contributed by atoms with E-state index >= 15 is 0 Å². The van der Waals surface area contributed by atoms with Crippen LogP contribution in [0.1, 0.15) is 65.3 Å². The molecule has 6 heterocycles. The highest BCUT2D eigenvalue weighted by Crippen LogP contribution is 2.36. The lowest BCUT2D eigenvalue weighted by Crippen LogP contribution is -2.54. The Bertz CT molecular complexity index is 2450. The summed E-state index contributed by atoms with van der Waals surface area (Å²) in [5.74, 6) is -0.128. The van der Waals surface area contributed by atoms with Crippen LogP contribution in [0.5, 0.6) is 11.5 Å². The number of piperazine rings is 1. The van der Waals surface area contributed by atoms with Crippen LogP contribution in [0.2, 0.25) is 0 Å². The van der Waals surface area contributed by atoms with Crippen molar-refractivity contribution in [2.24, 2.45) is 0 Å². The number of carbonyl (C=O) groups excluding carboxylic acids is 5. The van der Waals surface area contributed by atoms with Gasteiger partial charge in [0.05, 0.1) is 22.6 Å². The Morgan fingerprint density at radius 3 is 2.39 bits per heavy atom. The quantitative estimate of drug-likeness (QED) is 0.194. The summed E-state index contributed by atoms with van der Waals surface area (Å²) in [4.78, 5) is 80.5. The normalized spacial score (nSPS) is 20.0. The number of ether oxygens (including phenoxy) is 1. The number of anilines is 2. The van der Waals surface area contributed by atoms with Crippen LogP contribution in [0.3, 0.4) is 0 Å². The Morgan fingerprint density at radius 1 is 0.847 bits per heavy atom. The van der Waals surface area contributed by atoms with E-state index in [1.54, 1.807) is 12.1 Å². The van der Waals surface area contributed by atoms with Crippen molar-refractivity contribution < 1.29 is 28.7 Å². The standard InChI is InChI=1S/C43H44N10O6/c44-39-37-38(27-10-13-31(14-11-27)59-30-7-2-1-3-8-30)48-53(40(37)46-26-45-39)29-6-4-19-51(25-29)36(55)9-5-18-49-20-22-50(23-21-49)28-12-15-32-33(24-28)43(58)52(42(32)57)34-16-17-35(54)47-41(34)56/h1-3,7-8,10-15,24,26,29,34H,4-6,9,16-23,25H2,(H2,44,45,46)(H,47,54,56)/t29-,34?/m1/s1. The molecular weight excluding hydrogens is 753 g/mol. The molecule has 16 heteroatoms. The highest BCUT2D eigenvalue weighted by Gasteiger charge is 2.45. The fraction of sp³-hybridized carbons (Fsp3) is 0.349. The molecule has 3 N–H and O–H groups in total. The maximum atomic E-state index is 13.6. The van der Waals surface area contributed by atoms with Gasteiger partial charge in [-0.25, -0.2) is 14.6 Å². The van der Waals surface area contributed by atoms with Crippen LogP contribution in [0.15, 0.2) is 79.1 Å². The van der Waals surface area contributed by atoms with E-state index in [1.165, 1.54) is 6.33 Å². The number of para-hydroxylation sites is 1. The van der Waals surface area contributed by atoms with Gasteiger partial charge in [-0.15, -0.1) is 0 Å². The largest absolute Gasteiger partial charge is 0.457 e.